The van der Waals surface area contributed by atoms with Crippen molar-refractivity contribution in [3.05, 3.63) is 88.5 Å². The fraction of sp³-hybridized carbons (Fsp3) is 0.136. The lowest BCUT2D eigenvalue weighted by Gasteiger charge is -2.12. The molecule has 5 heteroatoms. The van der Waals surface area contributed by atoms with Crippen LogP contribution in [-0.2, 0) is 6.54 Å². The first kappa shape index (κ1) is 17.6. The Labute approximate surface area is 162 Å². The first-order valence-electron chi connectivity index (χ1n) is 8.65. The molecule has 136 valence electrons. The monoisotopic (exact) mass is 380 g/mol. The minimum atomic E-state index is -0.300. The van der Waals surface area contributed by atoms with Crippen molar-refractivity contribution in [1.29, 1.82) is 0 Å². The molecule has 2 aromatic carbocycles. The number of hydrogen-bond acceptors (Lipinski definition) is 2. The summed E-state index contributed by atoms with van der Waals surface area (Å²) in [5, 5.41) is 1.81. The molecule has 0 amide bonds. The summed E-state index contributed by atoms with van der Waals surface area (Å²) in [4.78, 5) is 4.44. The zero-order valence-electron chi connectivity index (χ0n) is 15.0. The van der Waals surface area contributed by atoms with E-state index in [4.69, 9.17) is 16.3 Å². The van der Waals surface area contributed by atoms with Gasteiger partial charge in [-0.2, -0.15) is 0 Å². The van der Waals surface area contributed by atoms with Gasteiger partial charge in [0.1, 0.15) is 17.1 Å². The van der Waals surface area contributed by atoms with Gasteiger partial charge in [-0.25, -0.2) is 9.37 Å². The molecule has 27 heavy (non-hydrogen) atoms. The van der Waals surface area contributed by atoms with E-state index in [1.165, 1.54) is 17.7 Å². The molecular weight excluding hydrogens is 363 g/mol. The lowest BCUT2D eigenvalue weighted by atomic mass is 10.2. The van der Waals surface area contributed by atoms with Gasteiger partial charge in [-0.05, 0) is 67.4 Å². The van der Waals surface area contributed by atoms with Crippen molar-refractivity contribution in [2.75, 3.05) is 0 Å². The number of benzene rings is 2. The predicted molar refractivity (Wildman–Crippen MR) is 106 cm³/mol. The van der Waals surface area contributed by atoms with Crippen LogP contribution in [-0.4, -0.2) is 9.55 Å². The fourth-order valence-electron chi connectivity index (χ4n) is 3.22. The van der Waals surface area contributed by atoms with Crippen LogP contribution in [0.5, 0.6) is 11.6 Å². The Hall–Kier alpha value is -2.85. The highest BCUT2D eigenvalue weighted by molar-refractivity contribution is 6.30. The van der Waals surface area contributed by atoms with Crippen molar-refractivity contribution < 1.29 is 9.13 Å². The molecule has 3 nitrogen and oxygen atoms in total. The van der Waals surface area contributed by atoms with Crippen LogP contribution in [0.2, 0.25) is 5.02 Å². The number of aromatic nitrogens is 2. The van der Waals surface area contributed by atoms with Crippen molar-refractivity contribution >= 4 is 22.5 Å². The molecule has 2 aromatic heterocycles. The maximum Gasteiger partial charge on any atom is 0.244 e. The van der Waals surface area contributed by atoms with E-state index in [0.29, 0.717) is 23.2 Å². The van der Waals surface area contributed by atoms with Gasteiger partial charge in [0, 0.05) is 28.8 Å². The molecule has 0 aliphatic carbocycles. The van der Waals surface area contributed by atoms with Crippen LogP contribution < -0.4 is 4.74 Å². The summed E-state index contributed by atoms with van der Waals surface area (Å²) in [5.41, 5.74) is 4.39. The average Bonchev–Trinajstić information content (AvgIpc) is 2.91. The molecule has 0 unspecified atom stereocenters. The number of pyridine rings is 1. The fourth-order valence-corrected chi connectivity index (χ4v) is 3.35. The van der Waals surface area contributed by atoms with Gasteiger partial charge in [-0.3, -0.25) is 0 Å². The Bertz CT molecular complexity index is 1100. The van der Waals surface area contributed by atoms with Gasteiger partial charge < -0.3 is 9.30 Å². The van der Waals surface area contributed by atoms with Gasteiger partial charge in [0.2, 0.25) is 5.88 Å². The number of halogens is 2. The maximum atomic E-state index is 13.2. The normalized spacial score (nSPS) is 11.1. The van der Waals surface area contributed by atoms with Crippen LogP contribution in [0.4, 0.5) is 4.39 Å². The lowest BCUT2D eigenvalue weighted by molar-refractivity contribution is 0.464. The highest BCUT2D eigenvalue weighted by Crippen LogP contribution is 2.33. The minimum Gasteiger partial charge on any atom is -0.437 e. The Balaban J connectivity index is 1.81. The van der Waals surface area contributed by atoms with E-state index >= 15 is 0 Å². The molecule has 0 saturated carbocycles. The zero-order chi connectivity index (χ0) is 19.0. The molecule has 4 rings (SSSR count). The third-order valence-corrected chi connectivity index (χ3v) is 5.05. The van der Waals surface area contributed by atoms with Crippen LogP contribution in [0.1, 0.15) is 16.8 Å². The Morgan fingerprint density at radius 2 is 1.70 bits per heavy atom. The van der Waals surface area contributed by atoms with Crippen molar-refractivity contribution in [1.82, 2.24) is 9.55 Å². The molecule has 0 N–H and O–H groups in total. The van der Waals surface area contributed by atoms with Gasteiger partial charge in [-0.1, -0.05) is 23.7 Å². The number of fused-ring (bicyclic) bond motifs is 1. The number of nitrogens with zero attached hydrogens (tertiary/aromatic N) is 2. The SMILES string of the molecule is Cc1c(C)n(Cc2ccc(Cl)cc2)c2c(Oc3ccc(F)cc3)nccc12. The number of hydrogen-bond donors (Lipinski definition) is 0. The van der Waals surface area contributed by atoms with Crippen LogP contribution >= 0.6 is 11.6 Å². The van der Waals surface area contributed by atoms with Crippen molar-refractivity contribution in [3.63, 3.8) is 0 Å². The van der Waals surface area contributed by atoms with Crippen molar-refractivity contribution in [3.8, 4) is 11.6 Å². The highest BCUT2D eigenvalue weighted by atomic mass is 35.5. The summed E-state index contributed by atoms with van der Waals surface area (Å²) >= 11 is 6.01. The largest absolute Gasteiger partial charge is 0.437 e. The van der Waals surface area contributed by atoms with E-state index in [0.717, 1.165) is 22.2 Å². The molecule has 4 aromatic rings. The summed E-state index contributed by atoms with van der Waals surface area (Å²) < 4.78 is 21.4. The summed E-state index contributed by atoms with van der Waals surface area (Å²) in [6.07, 6.45) is 1.74. The molecule has 0 aliphatic rings. The smallest absolute Gasteiger partial charge is 0.244 e. The van der Waals surface area contributed by atoms with E-state index in [2.05, 4.69) is 23.4 Å². The topological polar surface area (TPSA) is 27.1 Å². The van der Waals surface area contributed by atoms with Crippen molar-refractivity contribution in [2.45, 2.75) is 20.4 Å². The van der Waals surface area contributed by atoms with E-state index in [-0.39, 0.29) is 5.82 Å². The Kier molecular flexibility index (Phi) is 4.58. The van der Waals surface area contributed by atoms with Crippen LogP contribution in [0, 0.1) is 19.7 Å². The lowest BCUT2D eigenvalue weighted by Crippen LogP contribution is -2.03. The molecule has 0 bridgehead atoms. The van der Waals surface area contributed by atoms with Gasteiger partial charge >= 0.3 is 0 Å². The number of ether oxygens (including phenoxy) is 1. The van der Waals surface area contributed by atoms with Gasteiger partial charge in [-0.15, -0.1) is 0 Å². The Morgan fingerprint density at radius 1 is 1.00 bits per heavy atom. The molecule has 0 spiro atoms. The average molecular weight is 381 g/mol. The van der Waals surface area contributed by atoms with E-state index in [1.807, 2.05) is 30.3 Å². The van der Waals surface area contributed by atoms with Gasteiger partial charge in [0.25, 0.3) is 0 Å². The molecule has 0 atom stereocenters. The highest BCUT2D eigenvalue weighted by Gasteiger charge is 2.17. The third kappa shape index (κ3) is 3.40. The first-order chi connectivity index (χ1) is 13.0. The van der Waals surface area contributed by atoms with Crippen LogP contribution in [0.25, 0.3) is 10.9 Å². The Morgan fingerprint density at radius 3 is 2.41 bits per heavy atom. The van der Waals surface area contributed by atoms with Crippen molar-refractivity contribution in [2.24, 2.45) is 0 Å². The standard InChI is InChI=1S/C22H18ClFN2O/c1-14-15(2)26(13-16-3-5-17(23)6-4-16)21-20(14)11-12-25-22(21)27-19-9-7-18(24)8-10-19/h3-12H,13H2,1-2H3. The molecule has 0 fully saturated rings. The van der Waals surface area contributed by atoms with E-state index in [1.54, 1.807) is 18.3 Å². The molecule has 0 radical (unpaired) electrons. The second-order valence-electron chi connectivity index (χ2n) is 6.49. The zero-order valence-corrected chi connectivity index (χ0v) is 15.8. The third-order valence-electron chi connectivity index (χ3n) is 4.79. The predicted octanol–water partition coefficient (Wildman–Crippen LogP) is 6.29. The summed E-state index contributed by atoms with van der Waals surface area (Å²) in [6, 6.07) is 15.7. The number of rotatable bonds is 4. The molecule has 2 heterocycles. The minimum absolute atomic E-state index is 0.300. The summed E-state index contributed by atoms with van der Waals surface area (Å²) in [6.45, 7) is 4.86. The van der Waals surface area contributed by atoms with E-state index in [9.17, 15) is 4.39 Å². The maximum absolute atomic E-state index is 13.2. The molecule has 0 saturated heterocycles. The molecular formula is C22H18ClFN2O. The quantitative estimate of drug-likeness (QED) is 0.416. The second kappa shape index (κ2) is 7.05. The van der Waals surface area contributed by atoms with Crippen LogP contribution in [0.3, 0.4) is 0 Å². The second-order valence-corrected chi connectivity index (χ2v) is 6.93. The number of aryl methyl sites for hydroxylation is 1. The summed E-state index contributed by atoms with van der Waals surface area (Å²) in [7, 11) is 0. The van der Waals surface area contributed by atoms with E-state index < -0.39 is 0 Å². The van der Waals surface area contributed by atoms with Gasteiger partial charge in [0.15, 0.2) is 0 Å². The van der Waals surface area contributed by atoms with Gasteiger partial charge in [0.05, 0.1) is 0 Å². The molecule has 0 aliphatic heterocycles. The summed E-state index contributed by atoms with van der Waals surface area (Å²) in [5.74, 6) is 0.751. The van der Waals surface area contributed by atoms with Crippen LogP contribution in [0.15, 0.2) is 60.8 Å². The first-order valence-corrected chi connectivity index (χ1v) is 9.03.